The zero-order chi connectivity index (χ0) is 11.5. The monoisotopic (exact) mass is 299 g/mol. The predicted octanol–water partition coefficient (Wildman–Crippen LogP) is 2.77. The third kappa shape index (κ3) is 2.63. The van der Waals surface area contributed by atoms with Gasteiger partial charge < -0.3 is 5.11 Å². The molecular formula is C10H10BrN3OS. The van der Waals surface area contributed by atoms with E-state index in [1.54, 1.807) is 6.92 Å². The molecule has 0 bridgehead atoms. The molecule has 0 aliphatic carbocycles. The van der Waals surface area contributed by atoms with Gasteiger partial charge in [0.25, 0.3) is 0 Å². The molecule has 0 aliphatic rings. The number of nitrogens with one attached hydrogen (secondary N) is 1. The number of rotatable bonds is 3. The molecule has 0 fully saturated rings. The lowest BCUT2D eigenvalue weighted by Gasteiger charge is -2.10. The number of aliphatic hydroxyl groups is 1. The zero-order valence-corrected chi connectivity index (χ0v) is 10.9. The standard InChI is InChI=1S/C10H10BrN3OS/c1-6(15)8-4-7(11)2-3-9(8)16-10-12-5-13-14-10/h2-6,15H,1H3,(H,12,13,14). The van der Waals surface area contributed by atoms with Crippen LogP contribution in [0.5, 0.6) is 0 Å². The van der Waals surface area contributed by atoms with Crippen LogP contribution in [0.3, 0.4) is 0 Å². The van der Waals surface area contributed by atoms with Crippen LogP contribution in [-0.4, -0.2) is 20.3 Å². The zero-order valence-electron chi connectivity index (χ0n) is 8.51. The highest BCUT2D eigenvalue weighted by molar-refractivity contribution is 9.10. The molecule has 1 aromatic carbocycles. The van der Waals surface area contributed by atoms with Crippen molar-refractivity contribution >= 4 is 27.7 Å². The van der Waals surface area contributed by atoms with Gasteiger partial charge in [-0.3, -0.25) is 5.10 Å². The van der Waals surface area contributed by atoms with Crippen LogP contribution < -0.4 is 0 Å². The Balaban J connectivity index is 2.33. The third-order valence-corrected chi connectivity index (χ3v) is 3.50. The second-order valence-electron chi connectivity index (χ2n) is 3.25. The van der Waals surface area contributed by atoms with E-state index >= 15 is 0 Å². The molecule has 4 nitrogen and oxygen atoms in total. The fourth-order valence-corrected chi connectivity index (χ4v) is 2.56. The number of aromatic amines is 1. The Labute approximate surface area is 106 Å². The Bertz CT molecular complexity index is 473. The van der Waals surface area contributed by atoms with E-state index < -0.39 is 6.10 Å². The molecule has 2 aromatic rings. The molecule has 0 spiro atoms. The molecule has 2 N–H and O–H groups in total. The Kier molecular flexibility index (Phi) is 3.63. The summed E-state index contributed by atoms with van der Waals surface area (Å²) in [5.74, 6) is 0. The molecule has 84 valence electrons. The third-order valence-electron chi connectivity index (χ3n) is 2.02. The number of halogens is 1. The van der Waals surface area contributed by atoms with Crippen LogP contribution in [-0.2, 0) is 0 Å². The first-order chi connectivity index (χ1) is 7.66. The summed E-state index contributed by atoms with van der Waals surface area (Å²) in [6.07, 6.45) is 0.950. The van der Waals surface area contributed by atoms with Crippen LogP contribution in [0.4, 0.5) is 0 Å². The molecule has 1 atom stereocenters. The van der Waals surface area contributed by atoms with Gasteiger partial charge in [0.2, 0.25) is 0 Å². The fourth-order valence-electron chi connectivity index (χ4n) is 1.29. The van der Waals surface area contributed by atoms with Crippen LogP contribution in [0.15, 0.2) is 39.1 Å². The van der Waals surface area contributed by atoms with Gasteiger partial charge in [0.15, 0.2) is 5.16 Å². The van der Waals surface area contributed by atoms with Gasteiger partial charge in [-0.2, -0.15) is 5.10 Å². The smallest absolute Gasteiger partial charge is 0.188 e. The summed E-state index contributed by atoms with van der Waals surface area (Å²) in [6.45, 7) is 1.74. The van der Waals surface area contributed by atoms with Crippen LogP contribution in [0.1, 0.15) is 18.6 Å². The van der Waals surface area contributed by atoms with Crippen molar-refractivity contribution in [2.45, 2.75) is 23.1 Å². The minimum Gasteiger partial charge on any atom is -0.389 e. The highest BCUT2D eigenvalue weighted by Crippen LogP contribution is 2.32. The van der Waals surface area contributed by atoms with Crippen LogP contribution >= 0.6 is 27.7 Å². The van der Waals surface area contributed by atoms with Crippen molar-refractivity contribution < 1.29 is 5.11 Å². The average Bonchev–Trinajstić information content (AvgIpc) is 2.73. The SMILES string of the molecule is CC(O)c1cc(Br)ccc1Sc1ncn[nH]1. The number of hydrogen-bond donors (Lipinski definition) is 2. The Morgan fingerprint density at radius 3 is 2.94 bits per heavy atom. The normalized spacial score (nSPS) is 12.7. The first-order valence-electron chi connectivity index (χ1n) is 4.67. The highest BCUT2D eigenvalue weighted by Gasteiger charge is 2.11. The number of hydrogen-bond acceptors (Lipinski definition) is 4. The maximum absolute atomic E-state index is 9.68. The fraction of sp³-hybridized carbons (Fsp3) is 0.200. The Morgan fingerprint density at radius 1 is 1.50 bits per heavy atom. The lowest BCUT2D eigenvalue weighted by atomic mass is 10.1. The maximum Gasteiger partial charge on any atom is 0.188 e. The number of aliphatic hydroxyl groups excluding tert-OH is 1. The summed E-state index contributed by atoms with van der Waals surface area (Å²) in [5, 5.41) is 16.9. The van der Waals surface area contributed by atoms with Crippen molar-refractivity contribution in [3.8, 4) is 0 Å². The van der Waals surface area contributed by atoms with Crippen LogP contribution in [0, 0.1) is 0 Å². The van der Waals surface area contributed by atoms with Crippen LogP contribution in [0.2, 0.25) is 0 Å². The van der Waals surface area contributed by atoms with E-state index in [0.29, 0.717) is 5.16 Å². The molecule has 2 rings (SSSR count). The summed E-state index contributed by atoms with van der Waals surface area (Å²) in [7, 11) is 0. The first kappa shape index (κ1) is 11.6. The summed E-state index contributed by atoms with van der Waals surface area (Å²) in [4.78, 5) is 5.00. The van der Waals surface area contributed by atoms with E-state index in [9.17, 15) is 5.11 Å². The van der Waals surface area contributed by atoms with Gasteiger partial charge >= 0.3 is 0 Å². The molecule has 0 saturated carbocycles. The van der Waals surface area contributed by atoms with E-state index in [1.165, 1.54) is 18.1 Å². The van der Waals surface area contributed by atoms with Gasteiger partial charge in [0.1, 0.15) is 6.33 Å². The highest BCUT2D eigenvalue weighted by atomic mass is 79.9. The minimum atomic E-state index is -0.511. The summed E-state index contributed by atoms with van der Waals surface area (Å²) in [6, 6.07) is 5.78. The summed E-state index contributed by atoms with van der Waals surface area (Å²) >= 11 is 4.83. The minimum absolute atomic E-state index is 0.511. The number of H-pyrrole nitrogens is 1. The van der Waals surface area contributed by atoms with Gasteiger partial charge in [0, 0.05) is 9.37 Å². The van der Waals surface area contributed by atoms with Gasteiger partial charge in [-0.05, 0) is 42.4 Å². The van der Waals surface area contributed by atoms with Gasteiger partial charge in [0.05, 0.1) is 6.10 Å². The summed E-state index contributed by atoms with van der Waals surface area (Å²) in [5.41, 5.74) is 0.871. The van der Waals surface area contributed by atoms with Crippen LogP contribution in [0.25, 0.3) is 0 Å². The molecule has 1 heterocycles. The topological polar surface area (TPSA) is 61.8 Å². The molecule has 16 heavy (non-hydrogen) atoms. The Hall–Kier alpha value is -0.850. The van der Waals surface area contributed by atoms with Crippen molar-refractivity contribution in [3.63, 3.8) is 0 Å². The molecule has 0 amide bonds. The molecule has 0 radical (unpaired) electrons. The van der Waals surface area contributed by atoms with E-state index in [4.69, 9.17) is 0 Å². The van der Waals surface area contributed by atoms with E-state index in [2.05, 4.69) is 31.1 Å². The molecule has 1 aromatic heterocycles. The number of nitrogens with zero attached hydrogens (tertiary/aromatic N) is 2. The average molecular weight is 300 g/mol. The molecular weight excluding hydrogens is 290 g/mol. The van der Waals surface area contributed by atoms with Crippen molar-refractivity contribution in [3.05, 3.63) is 34.6 Å². The van der Waals surface area contributed by atoms with Gasteiger partial charge in [-0.15, -0.1) is 0 Å². The quantitative estimate of drug-likeness (QED) is 0.915. The van der Waals surface area contributed by atoms with E-state index in [-0.39, 0.29) is 0 Å². The van der Waals surface area contributed by atoms with Gasteiger partial charge in [-0.25, -0.2) is 4.98 Å². The largest absolute Gasteiger partial charge is 0.389 e. The molecule has 0 saturated heterocycles. The second kappa shape index (κ2) is 4.99. The maximum atomic E-state index is 9.68. The van der Waals surface area contributed by atoms with Crippen molar-refractivity contribution in [2.75, 3.05) is 0 Å². The molecule has 0 aliphatic heterocycles. The van der Waals surface area contributed by atoms with Crippen molar-refractivity contribution in [2.24, 2.45) is 0 Å². The van der Waals surface area contributed by atoms with E-state index in [1.807, 2.05) is 18.2 Å². The summed E-state index contributed by atoms with van der Waals surface area (Å²) < 4.78 is 0.949. The van der Waals surface area contributed by atoms with Crippen molar-refractivity contribution in [1.29, 1.82) is 0 Å². The number of aromatic nitrogens is 3. The Morgan fingerprint density at radius 2 is 2.31 bits per heavy atom. The predicted molar refractivity (Wildman–Crippen MR) is 65.3 cm³/mol. The van der Waals surface area contributed by atoms with Crippen molar-refractivity contribution in [1.82, 2.24) is 15.2 Å². The van der Waals surface area contributed by atoms with Gasteiger partial charge in [-0.1, -0.05) is 15.9 Å². The second-order valence-corrected chi connectivity index (χ2v) is 5.20. The first-order valence-corrected chi connectivity index (χ1v) is 6.28. The van der Waals surface area contributed by atoms with E-state index in [0.717, 1.165) is 14.9 Å². The molecule has 1 unspecified atom stereocenters. The number of benzene rings is 1. The molecule has 6 heteroatoms. The lowest BCUT2D eigenvalue weighted by Crippen LogP contribution is -1.94. The lowest BCUT2D eigenvalue weighted by molar-refractivity contribution is 0.196.